The van der Waals surface area contributed by atoms with Crippen LogP contribution in [0.3, 0.4) is 0 Å². The van der Waals surface area contributed by atoms with E-state index >= 15 is 0 Å². The minimum atomic E-state index is 0.488. The molecule has 0 unspecified atom stereocenters. The molecule has 7 heteroatoms. The van der Waals surface area contributed by atoms with Crippen LogP contribution in [0.2, 0.25) is 5.02 Å². The van der Waals surface area contributed by atoms with Crippen molar-refractivity contribution in [3.8, 4) is 22.9 Å². The van der Waals surface area contributed by atoms with Crippen LogP contribution >= 0.6 is 11.6 Å². The number of fused-ring (bicyclic) bond motifs is 1. The average molecular weight is 519 g/mol. The summed E-state index contributed by atoms with van der Waals surface area (Å²) in [7, 11) is 0. The van der Waals surface area contributed by atoms with E-state index in [1.54, 1.807) is 0 Å². The van der Waals surface area contributed by atoms with Crippen molar-refractivity contribution in [1.29, 1.82) is 0 Å². The molecule has 1 saturated heterocycles. The first kappa shape index (κ1) is 25.6. The highest BCUT2D eigenvalue weighted by atomic mass is 35.5. The average Bonchev–Trinajstić information content (AvgIpc) is 3.30. The van der Waals surface area contributed by atoms with E-state index in [1.807, 2.05) is 42.5 Å². The second-order valence-electron chi connectivity index (χ2n) is 9.47. The Hall–Kier alpha value is -3.06. The number of nitrogens with zero attached hydrogens (tertiary/aromatic N) is 3. The fourth-order valence-electron chi connectivity index (χ4n) is 4.65. The minimum absolute atomic E-state index is 0.488. The van der Waals surface area contributed by atoms with Crippen LogP contribution in [-0.2, 0) is 13.2 Å². The van der Waals surface area contributed by atoms with Crippen molar-refractivity contribution < 1.29 is 9.47 Å². The first-order valence-corrected chi connectivity index (χ1v) is 13.6. The number of ether oxygens (including phenoxy) is 2. The van der Waals surface area contributed by atoms with E-state index in [1.165, 1.54) is 0 Å². The molecule has 0 amide bonds. The first-order valence-electron chi connectivity index (χ1n) is 13.2. The number of piperazine rings is 1. The van der Waals surface area contributed by atoms with Gasteiger partial charge in [0.15, 0.2) is 0 Å². The Kier molecular flexibility index (Phi) is 8.61. The number of nitrogens with one attached hydrogen (secondary N) is 1. The summed E-state index contributed by atoms with van der Waals surface area (Å²) in [5.74, 6) is 2.67. The van der Waals surface area contributed by atoms with Gasteiger partial charge in [-0.25, -0.2) is 4.98 Å². The van der Waals surface area contributed by atoms with Gasteiger partial charge in [-0.15, -0.1) is 0 Å². The van der Waals surface area contributed by atoms with Gasteiger partial charge in [-0.1, -0.05) is 49.2 Å². The van der Waals surface area contributed by atoms with Crippen molar-refractivity contribution >= 4 is 22.6 Å². The van der Waals surface area contributed by atoms with Crippen LogP contribution in [0.5, 0.6) is 11.5 Å². The monoisotopic (exact) mass is 518 g/mol. The van der Waals surface area contributed by atoms with Crippen LogP contribution in [0, 0.1) is 0 Å². The smallest absolute Gasteiger partial charge is 0.141 e. The number of aryl methyl sites for hydroxylation is 1. The predicted molar refractivity (Wildman–Crippen MR) is 151 cm³/mol. The third-order valence-corrected chi connectivity index (χ3v) is 7.00. The lowest BCUT2D eigenvalue weighted by Crippen LogP contribution is -2.44. The quantitative estimate of drug-likeness (QED) is 0.263. The lowest BCUT2D eigenvalue weighted by atomic mass is 10.2. The summed E-state index contributed by atoms with van der Waals surface area (Å²) in [5, 5.41) is 4.12. The number of imidazole rings is 1. The molecule has 2 heterocycles. The van der Waals surface area contributed by atoms with Crippen molar-refractivity contribution in [2.45, 2.75) is 32.9 Å². The van der Waals surface area contributed by atoms with Crippen LogP contribution in [0.4, 0.5) is 0 Å². The van der Waals surface area contributed by atoms with E-state index in [9.17, 15) is 0 Å². The van der Waals surface area contributed by atoms with E-state index in [-0.39, 0.29) is 0 Å². The van der Waals surface area contributed by atoms with Crippen molar-refractivity contribution in [2.24, 2.45) is 0 Å². The van der Waals surface area contributed by atoms with Crippen molar-refractivity contribution in [3.63, 3.8) is 0 Å². The zero-order chi connectivity index (χ0) is 25.5. The van der Waals surface area contributed by atoms with Gasteiger partial charge in [0.2, 0.25) is 0 Å². The summed E-state index contributed by atoms with van der Waals surface area (Å²) >= 11 is 6.01. The predicted octanol–water partition coefficient (Wildman–Crippen LogP) is 6.02. The summed E-state index contributed by atoms with van der Waals surface area (Å²) in [6.07, 6.45) is 2.20. The Morgan fingerprint density at radius 3 is 2.54 bits per heavy atom. The highest BCUT2D eigenvalue weighted by molar-refractivity contribution is 6.30. The highest BCUT2D eigenvalue weighted by Crippen LogP contribution is 2.30. The van der Waals surface area contributed by atoms with Gasteiger partial charge in [0, 0.05) is 55.9 Å². The molecule has 0 saturated carbocycles. The molecular weight excluding hydrogens is 484 g/mol. The van der Waals surface area contributed by atoms with Gasteiger partial charge < -0.3 is 19.4 Å². The zero-order valence-electron chi connectivity index (χ0n) is 21.5. The maximum Gasteiger partial charge on any atom is 0.141 e. The van der Waals surface area contributed by atoms with Gasteiger partial charge in [0.05, 0.1) is 11.0 Å². The van der Waals surface area contributed by atoms with Crippen LogP contribution < -0.4 is 14.8 Å². The highest BCUT2D eigenvalue weighted by Gasteiger charge is 2.15. The number of rotatable bonds is 11. The maximum atomic E-state index is 6.16. The van der Waals surface area contributed by atoms with Gasteiger partial charge in [0.25, 0.3) is 0 Å². The van der Waals surface area contributed by atoms with Gasteiger partial charge in [-0.3, -0.25) is 4.90 Å². The fraction of sp³-hybridized carbons (Fsp3) is 0.367. The molecule has 4 aromatic rings. The molecule has 5 rings (SSSR count). The summed E-state index contributed by atoms with van der Waals surface area (Å²) < 4.78 is 14.6. The molecular formula is C30H35ClN4O2. The lowest BCUT2D eigenvalue weighted by molar-refractivity contribution is 0.191. The maximum absolute atomic E-state index is 6.16. The number of hydrogen-bond donors (Lipinski definition) is 1. The molecule has 1 aliphatic rings. The largest absolute Gasteiger partial charge is 0.492 e. The molecule has 6 nitrogen and oxygen atoms in total. The second-order valence-corrected chi connectivity index (χ2v) is 9.91. The Bertz CT molecular complexity index is 1300. The third-order valence-electron chi connectivity index (χ3n) is 6.75. The Morgan fingerprint density at radius 2 is 1.73 bits per heavy atom. The van der Waals surface area contributed by atoms with Gasteiger partial charge >= 0.3 is 0 Å². The lowest BCUT2D eigenvalue weighted by Gasteiger charge is -2.26. The Morgan fingerprint density at radius 1 is 0.919 bits per heavy atom. The SMILES string of the molecule is CCCCn1c(-c2cccc(OCc3ccc(Cl)cc3)c2)nc2ccc(OCCN3CCNCC3)cc21. The topological polar surface area (TPSA) is 51.6 Å². The molecule has 0 spiro atoms. The Labute approximate surface area is 224 Å². The van der Waals surface area contributed by atoms with E-state index < -0.39 is 0 Å². The van der Waals surface area contributed by atoms with Crippen molar-refractivity contribution in [2.75, 3.05) is 39.3 Å². The Balaban J connectivity index is 1.34. The number of benzene rings is 3. The van der Waals surface area contributed by atoms with E-state index in [2.05, 4.69) is 46.0 Å². The molecule has 37 heavy (non-hydrogen) atoms. The summed E-state index contributed by atoms with van der Waals surface area (Å²) in [5.41, 5.74) is 4.21. The van der Waals surface area contributed by atoms with E-state index in [0.29, 0.717) is 13.2 Å². The molecule has 0 bridgehead atoms. The molecule has 1 aromatic heterocycles. The van der Waals surface area contributed by atoms with Crippen LogP contribution in [-0.4, -0.2) is 53.8 Å². The van der Waals surface area contributed by atoms with Gasteiger partial charge in [-0.05, 0) is 48.4 Å². The van der Waals surface area contributed by atoms with E-state index in [0.717, 1.165) is 96.6 Å². The number of unbranched alkanes of at least 4 members (excludes halogenated alkanes) is 1. The van der Waals surface area contributed by atoms with Gasteiger partial charge in [-0.2, -0.15) is 0 Å². The van der Waals surface area contributed by atoms with Crippen molar-refractivity contribution in [1.82, 2.24) is 19.8 Å². The standard InChI is InChI=1S/C30H35ClN4O2/c1-2-3-15-35-29-21-27(36-19-18-34-16-13-32-14-17-34)11-12-28(29)33-30(35)24-5-4-6-26(20-24)37-22-23-7-9-25(31)10-8-23/h4-12,20-21,32H,2-3,13-19,22H2,1H3. The summed E-state index contributed by atoms with van der Waals surface area (Å²) in [6, 6.07) is 22.2. The van der Waals surface area contributed by atoms with Crippen LogP contribution in [0.1, 0.15) is 25.3 Å². The molecule has 1 aliphatic heterocycles. The van der Waals surface area contributed by atoms with E-state index in [4.69, 9.17) is 26.1 Å². The molecule has 194 valence electrons. The summed E-state index contributed by atoms with van der Waals surface area (Å²) in [4.78, 5) is 7.47. The molecule has 3 aromatic carbocycles. The minimum Gasteiger partial charge on any atom is -0.492 e. The first-order chi connectivity index (χ1) is 18.2. The molecule has 0 atom stereocenters. The van der Waals surface area contributed by atoms with Crippen LogP contribution in [0.25, 0.3) is 22.4 Å². The van der Waals surface area contributed by atoms with Crippen LogP contribution in [0.15, 0.2) is 66.7 Å². The molecule has 0 radical (unpaired) electrons. The molecule has 0 aliphatic carbocycles. The van der Waals surface area contributed by atoms with Gasteiger partial charge in [0.1, 0.15) is 30.5 Å². The zero-order valence-corrected chi connectivity index (χ0v) is 22.2. The third kappa shape index (κ3) is 6.63. The number of halogens is 1. The van der Waals surface area contributed by atoms with Crippen molar-refractivity contribution in [3.05, 3.63) is 77.3 Å². The molecule has 1 fully saturated rings. The number of aromatic nitrogens is 2. The number of hydrogen-bond acceptors (Lipinski definition) is 5. The molecule has 1 N–H and O–H groups in total. The summed E-state index contributed by atoms with van der Waals surface area (Å²) in [6.45, 7) is 9.52. The normalized spacial score (nSPS) is 14.2. The second kappa shape index (κ2) is 12.5. The fourth-order valence-corrected chi connectivity index (χ4v) is 4.78.